The molecule has 0 saturated heterocycles. The first kappa shape index (κ1) is 22.7. The number of nitrogens with zero attached hydrogens (tertiary/aromatic N) is 2. The minimum atomic E-state index is -4.01. The summed E-state index contributed by atoms with van der Waals surface area (Å²) < 4.78 is 68.4. The van der Waals surface area contributed by atoms with Crippen LogP contribution in [0.5, 0.6) is 0 Å². The Morgan fingerprint density at radius 3 is 2.18 bits per heavy atom. The number of nitro groups is 1. The number of sulfonamides is 2. The van der Waals surface area contributed by atoms with Crippen LogP contribution in [0.3, 0.4) is 0 Å². The summed E-state index contributed by atoms with van der Waals surface area (Å²) in [5, 5.41) is 10.8. The molecule has 9 nitrogen and oxygen atoms in total. The Bertz CT molecular complexity index is 1420. The lowest BCUT2D eigenvalue weighted by Gasteiger charge is -2.31. The molecule has 1 heterocycles. The molecule has 0 atom stereocenters. The van der Waals surface area contributed by atoms with Gasteiger partial charge in [0.15, 0.2) is 0 Å². The Hall–Kier alpha value is -3.51. The van der Waals surface area contributed by atoms with E-state index in [1.54, 1.807) is 6.07 Å². The predicted octanol–water partition coefficient (Wildman–Crippen LogP) is 3.68. The summed E-state index contributed by atoms with van der Waals surface area (Å²) in [5.41, 5.74) is 1.05. The van der Waals surface area contributed by atoms with Crippen LogP contribution in [0.25, 0.3) is 0 Å². The predicted molar refractivity (Wildman–Crippen MR) is 120 cm³/mol. The lowest BCUT2D eigenvalue weighted by Crippen LogP contribution is -2.35. The fraction of sp³-hybridized carbons (Fsp3) is 0.143. The summed E-state index contributed by atoms with van der Waals surface area (Å²) in [6, 6.07) is 13.5. The van der Waals surface area contributed by atoms with E-state index in [4.69, 9.17) is 0 Å². The third-order valence-electron chi connectivity index (χ3n) is 5.17. The van der Waals surface area contributed by atoms with E-state index in [0.717, 1.165) is 36.4 Å². The summed E-state index contributed by atoms with van der Waals surface area (Å²) in [5.74, 6) is -0.544. The average molecular weight is 492 g/mol. The van der Waals surface area contributed by atoms with Crippen molar-refractivity contribution < 1.29 is 26.1 Å². The van der Waals surface area contributed by atoms with E-state index in [1.807, 2.05) is 0 Å². The molecule has 172 valence electrons. The van der Waals surface area contributed by atoms with E-state index in [0.29, 0.717) is 24.1 Å². The van der Waals surface area contributed by atoms with Crippen molar-refractivity contribution in [3.8, 4) is 0 Å². The molecule has 3 aromatic rings. The van der Waals surface area contributed by atoms with Crippen LogP contribution in [0, 0.1) is 15.9 Å². The van der Waals surface area contributed by atoms with Crippen LogP contribution >= 0.6 is 0 Å². The molecule has 0 aliphatic carbocycles. The normalized spacial score (nSPS) is 13.9. The molecule has 33 heavy (non-hydrogen) atoms. The van der Waals surface area contributed by atoms with Crippen LogP contribution in [-0.2, 0) is 26.5 Å². The Labute approximate surface area is 189 Å². The Balaban J connectivity index is 1.62. The maximum atomic E-state index is 13.2. The van der Waals surface area contributed by atoms with Crippen molar-refractivity contribution in [3.63, 3.8) is 0 Å². The fourth-order valence-electron chi connectivity index (χ4n) is 3.57. The number of non-ortho nitro benzene ring substituents is 1. The van der Waals surface area contributed by atoms with E-state index < -0.39 is 30.8 Å². The van der Waals surface area contributed by atoms with Gasteiger partial charge in [0.25, 0.3) is 25.7 Å². The summed E-state index contributed by atoms with van der Waals surface area (Å²) in [6.07, 6.45) is 1.06. The van der Waals surface area contributed by atoms with Crippen molar-refractivity contribution in [1.29, 1.82) is 0 Å². The zero-order chi connectivity index (χ0) is 23.8. The van der Waals surface area contributed by atoms with Crippen LogP contribution in [0.1, 0.15) is 12.0 Å². The Morgan fingerprint density at radius 1 is 0.909 bits per heavy atom. The molecular formula is C21H18FN3O6S2. The summed E-state index contributed by atoms with van der Waals surface area (Å²) in [6.45, 7) is 0.237. The molecular weight excluding hydrogens is 473 g/mol. The molecule has 0 amide bonds. The maximum absolute atomic E-state index is 13.2. The second kappa shape index (κ2) is 8.45. The van der Waals surface area contributed by atoms with Crippen molar-refractivity contribution in [1.82, 2.24) is 0 Å². The highest BCUT2D eigenvalue weighted by molar-refractivity contribution is 7.93. The van der Waals surface area contributed by atoms with E-state index >= 15 is 0 Å². The molecule has 1 N–H and O–H groups in total. The van der Waals surface area contributed by atoms with Crippen molar-refractivity contribution >= 4 is 37.1 Å². The molecule has 0 fully saturated rings. The van der Waals surface area contributed by atoms with Crippen LogP contribution < -0.4 is 9.03 Å². The molecule has 0 unspecified atom stereocenters. The number of nitrogens with one attached hydrogen (secondary N) is 1. The van der Waals surface area contributed by atoms with Gasteiger partial charge in [0.2, 0.25) is 0 Å². The van der Waals surface area contributed by atoms with Gasteiger partial charge < -0.3 is 0 Å². The minimum Gasteiger partial charge on any atom is -0.280 e. The monoisotopic (exact) mass is 491 g/mol. The fourth-order valence-corrected chi connectivity index (χ4v) is 6.16. The Morgan fingerprint density at radius 2 is 1.55 bits per heavy atom. The first-order valence-electron chi connectivity index (χ1n) is 9.76. The highest BCUT2D eigenvalue weighted by Gasteiger charge is 2.29. The molecule has 3 aromatic carbocycles. The second-order valence-corrected chi connectivity index (χ2v) is 10.9. The first-order chi connectivity index (χ1) is 15.6. The maximum Gasteiger partial charge on any atom is 0.269 e. The van der Waals surface area contributed by atoms with Gasteiger partial charge in [-0.05, 0) is 73.0 Å². The molecule has 12 heteroatoms. The van der Waals surface area contributed by atoms with Crippen LogP contribution in [0.15, 0.2) is 76.5 Å². The molecule has 4 rings (SSSR count). The summed E-state index contributed by atoms with van der Waals surface area (Å²) in [4.78, 5) is 9.95. The van der Waals surface area contributed by atoms with Crippen molar-refractivity contribution in [3.05, 3.63) is 88.2 Å². The largest absolute Gasteiger partial charge is 0.280 e. The Kier molecular flexibility index (Phi) is 5.80. The zero-order valence-corrected chi connectivity index (χ0v) is 18.6. The molecule has 0 spiro atoms. The quantitative estimate of drug-likeness (QED) is 0.414. The van der Waals surface area contributed by atoms with E-state index in [2.05, 4.69) is 4.72 Å². The smallest absolute Gasteiger partial charge is 0.269 e. The average Bonchev–Trinajstić information content (AvgIpc) is 2.78. The number of hydrogen-bond donors (Lipinski definition) is 1. The molecule has 0 radical (unpaired) electrons. The van der Waals surface area contributed by atoms with Gasteiger partial charge >= 0.3 is 0 Å². The SMILES string of the molecule is O=[N+]([O-])c1ccc(S(=O)(=O)Nc2ccc3c(c2)CCCN3S(=O)(=O)c2ccc(F)cc2)cc1. The second-order valence-electron chi connectivity index (χ2n) is 7.33. The van der Waals surface area contributed by atoms with E-state index in [-0.39, 0.29) is 27.7 Å². The van der Waals surface area contributed by atoms with E-state index in [1.165, 1.54) is 28.6 Å². The van der Waals surface area contributed by atoms with Gasteiger partial charge in [0.1, 0.15) is 5.82 Å². The lowest BCUT2D eigenvalue weighted by molar-refractivity contribution is -0.384. The zero-order valence-electron chi connectivity index (χ0n) is 17.0. The van der Waals surface area contributed by atoms with Crippen LogP contribution in [-0.4, -0.2) is 28.3 Å². The number of fused-ring (bicyclic) bond motifs is 1. The summed E-state index contributed by atoms with van der Waals surface area (Å²) >= 11 is 0. The number of rotatable bonds is 6. The number of nitro benzene ring substituents is 1. The number of anilines is 2. The van der Waals surface area contributed by atoms with E-state index in [9.17, 15) is 31.3 Å². The molecule has 0 bridgehead atoms. The highest BCUT2D eigenvalue weighted by atomic mass is 32.2. The third kappa shape index (κ3) is 4.52. The third-order valence-corrected chi connectivity index (χ3v) is 8.39. The van der Waals surface area contributed by atoms with Crippen molar-refractivity contribution in [2.45, 2.75) is 22.6 Å². The number of hydrogen-bond acceptors (Lipinski definition) is 6. The number of aryl methyl sites for hydroxylation is 1. The number of benzene rings is 3. The van der Waals surface area contributed by atoms with Crippen LogP contribution in [0.4, 0.5) is 21.5 Å². The topological polar surface area (TPSA) is 127 Å². The number of halogens is 1. The van der Waals surface area contributed by atoms with Gasteiger partial charge in [-0.3, -0.25) is 19.1 Å². The lowest BCUT2D eigenvalue weighted by atomic mass is 10.0. The molecule has 0 saturated carbocycles. The standard InChI is InChI=1S/C21H18FN3O6S2/c22-16-3-8-20(9-4-16)33(30,31)24-13-1-2-15-14-17(5-12-21(15)24)23-32(28,29)19-10-6-18(7-11-19)25(26)27/h3-12,14,23H,1-2,13H2. The van der Waals surface area contributed by atoms with Gasteiger partial charge in [-0.25, -0.2) is 21.2 Å². The van der Waals surface area contributed by atoms with Gasteiger partial charge in [0.05, 0.1) is 20.4 Å². The molecule has 1 aliphatic heterocycles. The van der Waals surface area contributed by atoms with Gasteiger partial charge in [-0.1, -0.05) is 0 Å². The molecule has 1 aliphatic rings. The first-order valence-corrected chi connectivity index (χ1v) is 12.7. The van der Waals surface area contributed by atoms with Crippen molar-refractivity contribution in [2.24, 2.45) is 0 Å². The molecule has 0 aromatic heterocycles. The van der Waals surface area contributed by atoms with Crippen LogP contribution in [0.2, 0.25) is 0 Å². The van der Waals surface area contributed by atoms with Crippen molar-refractivity contribution in [2.75, 3.05) is 15.6 Å². The van der Waals surface area contributed by atoms with Gasteiger partial charge in [-0.15, -0.1) is 0 Å². The minimum absolute atomic E-state index is 0.0419. The van der Waals surface area contributed by atoms with Gasteiger partial charge in [0, 0.05) is 24.4 Å². The van der Waals surface area contributed by atoms with Gasteiger partial charge in [-0.2, -0.15) is 0 Å². The summed E-state index contributed by atoms with van der Waals surface area (Å²) in [7, 11) is -7.93. The highest BCUT2D eigenvalue weighted by Crippen LogP contribution is 2.34.